The molecular weight excluding hydrogens is 342 g/mol. The quantitative estimate of drug-likeness (QED) is 0.782. The molecule has 27 heavy (non-hydrogen) atoms. The van der Waals surface area contributed by atoms with Crippen molar-refractivity contribution in [1.29, 1.82) is 0 Å². The third-order valence-electron chi connectivity index (χ3n) is 4.65. The maximum Gasteiger partial charge on any atom is 0.319 e. The Morgan fingerprint density at radius 1 is 1.00 bits per heavy atom. The Hall–Kier alpha value is -2.73. The number of ether oxygens (including phenoxy) is 2. The summed E-state index contributed by atoms with van der Waals surface area (Å²) in [5, 5.41) is 5.79. The lowest BCUT2D eigenvalue weighted by atomic mass is 10.1. The molecule has 0 aromatic heterocycles. The van der Waals surface area contributed by atoms with E-state index in [1.54, 1.807) is 12.1 Å². The molecule has 0 unspecified atom stereocenters. The first-order chi connectivity index (χ1) is 13.2. The molecule has 0 bridgehead atoms. The summed E-state index contributed by atoms with van der Waals surface area (Å²) in [5.41, 5.74) is 3.04. The average Bonchev–Trinajstić information content (AvgIpc) is 2.71. The minimum Gasteiger partial charge on any atom is -0.486 e. The highest BCUT2D eigenvalue weighted by Crippen LogP contribution is 2.32. The number of amides is 2. The van der Waals surface area contributed by atoms with E-state index in [2.05, 4.69) is 41.5 Å². The zero-order chi connectivity index (χ0) is 19.1. The van der Waals surface area contributed by atoms with Gasteiger partial charge in [0.25, 0.3) is 0 Å². The lowest BCUT2D eigenvalue weighted by Crippen LogP contribution is -2.29. The Morgan fingerprint density at radius 3 is 2.44 bits per heavy atom. The van der Waals surface area contributed by atoms with Gasteiger partial charge in [-0.25, -0.2) is 4.79 Å². The van der Waals surface area contributed by atoms with Gasteiger partial charge in [0.15, 0.2) is 11.5 Å². The van der Waals surface area contributed by atoms with Crippen LogP contribution in [0.5, 0.6) is 11.5 Å². The minimum absolute atomic E-state index is 0.246. The summed E-state index contributed by atoms with van der Waals surface area (Å²) >= 11 is 0. The topological polar surface area (TPSA) is 62.8 Å². The fraction of sp³-hybridized carbons (Fsp3) is 0.381. The molecule has 2 aromatic rings. The Bertz CT molecular complexity index is 775. The van der Waals surface area contributed by atoms with E-state index in [0.717, 1.165) is 25.2 Å². The number of carbonyl (C=O) groups excluding carboxylic acids is 1. The molecule has 0 aliphatic carbocycles. The zero-order valence-electron chi connectivity index (χ0n) is 16.0. The van der Waals surface area contributed by atoms with Gasteiger partial charge in [0, 0.05) is 24.8 Å². The highest BCUT2D eigenvalue weighted by Gasteiger charge is 2.13. The van der Waals surface area contributed by atoms with Crippen LogP contribution in [0.3, 0.4) is 0 Å². The summed E-state index contributed by atoms with van der Waals surface area (Å²) in [7, 11) is 0. The number of nitrogens with zero attached hydrogens (tertiary/aromatic N) is 1. The van der Waals surface area contributed by atoms with Crippen LogP contribution < -0.4 is 20.1 Å². The molecule has 0 atom stereocenters. The summed E-state index contributed by atoms with van der Waals surface area (Å²) in [4.78, 5) is 14.7. The Labute approximate surface area is 160 Å². The first-order valence-electron chi connectivity index (χ1n) is 9.43. The van der Waals surface area contributed by atoms with Crippen LogP contribution >= 0.6 is 0 Å². The van der Waals surface area contributed by atoms with Crippen molar-refractivity contribution in [3.63, 3.8) is 0 Å². The highest BCUT2D eigenvalue weighted by atomic mass is 16.6. The van der Waals surface area contributed by atoms with Crippen LogP contribution in [0.15, 0.2) is 42.5 Å². The van der Waals surface area contributed by atoms with Gasteiger partial charge in [0.1, 0.15) is 13.2 Å². The van der Waals surface area contributed by atoms with E-state index in [4.69, 9.17) is 9.47 Å². The minimum atomic E-state index is -0.246. The third-order valence-corrected chi connectivity index (χ3v) is 4.65. The molecule has 0 fully saturated rings. The lowest BCUT2D eigenvalue weighted by Gasteiger charge is -2.20. The van der Waals surface area contributed by atoms with Crippen molar-refractivity contribution in [3.8, 4) is 11.5 Å². The van der Waals surface area contributed by atoms with Crippen LogP contribution in [-0.2, 0) is 13.1 Å². The molecule has 1 heterocycles. The maximum atomic E-state index is 12.3. The van der Waals surface area contributed by atoms with E-state index in [1.165, 1.54) is 5.56 Å². The van der Waals surface area contributed by atoms with Crippen molar-refractivity contribution < 1.29 is 14.3 Å². The van der Waals surface area contributed by atoms with Crippen molar-refractivity contribution in [2.75, 3.05) is 31.6 Å². The summed E-state index contributed by atoms with van der Waals surface area (Å²) in [6, 6.07) is 13.4. The predicted octanol–water partition coefficient (Wildman–Crippen LogP) is 3.62. The molecule has 0 saturated heterocycles. The molecule has 0 spiro atoms. The normalized spacial score (nSPS) is 12.7. The van der Waals surface area contributed by atoms with Crippen LogP contribution in [0.4, 0.5) is 10.5 Å². The molecule has 0 radical (unpaired) electrons. The van der Waals surface area contributed by atoms with Crippen molar-refractivity contribution >= 4 is 11.7 Å². The molecular formula is C21H27N3O3. The van der Waals surface area contributed by atoms with Crippen molar-refractivity contribution in [2.24, 2.45) is 0 Å². The van der Waals surface area contributed by atoms with E-state index in [0.29, 0.717) is 36.9 Å². The maximum absolute atomic E-state index is 12.3. The van der Waals surface area contributed by atoms with Gasteiger partial charge in [-0.1, -0.05) is 38.1 Å². The van der Waals surface area contributed by atoms with Gasteiger partial charge in [0.05, 0.1) is 0 Å². The average molecular weight is 369 g/mol. The van der Waals surface area contributed by atoms with Crippen molar-refractivity contribution in [2.45, 2.75) is 26.9 Å². The van der Waals surface area contributed by atoms with Gasteiger partial charge in [-0.15, -0.1) is 0 Å². The molecule has 144 valence electrons. The Kier molecular flexibility index (Phi) is 6.54. The number of nitrogens with one attached hydrogen (secondary N) is 2. The van der Waals surface area contributed by atoms with Crippen LogP contribution in [0.25, 0.3) is 0 Å². The van der Waals surface area contributed by atoms with Gasteiger partial charge in [-0.05, 0) is 36.3 Å². The number of benzene rings is 2. The molecule has 6 heteroatoms. The van der Waals surface area contributed by atoms with E-state index in [9.17, 15) is 4.79 Å². The standard InChI is InChI=1S/C21H27N3O3/c1-3-24(4-2)15-17-8-6-5-7-16(17)14-22-21(25)23-18-9-10-19-20(13-18)27-12-11-26-19/h5-10,13H,3-4,11-12,14-15H2,1-2H3,(H2,22,23,25). The number of hydrogen-bond donors (Lipinski definition) is 2. The van der Waals surface area contributed by atoms with Gasteiger partial charge in [-0.3, -0.25) is 4.90 Å². The van der Waals surface area contributed by atoms with E-state index in [1.807, 2.05) is 18.2 Å². The molecule has 1 aliphatic rings. The largest absolute Gasteiger partial charge is 0.486 e. The van der Waals surface area contributed by atoms with Gasteiger partial charge in [0.2, 0.25) is 0 Å². The summed E-state index contributed by atoms with van der Waals surface area (Å²) in [5.74, 6) is 1.36. The number of hydrogen-bond acceptors (Lipinski definition) is 4. The number of rotatable bonds is 7. The second kappa shape index (κ2) is 9.28. The van der Waals surface area contributed by atoms with E-state index >= 15 is 0 Å². The molecule has 3 rings (SSSR count). The summed E-state index contributed by atoms with van der Waals surface area (Å²) < 4.78 is 11.0. The number of fused-ring (bicyclic) bond motifs is 1. The predicted molar refractivity (Wildman–Crippen MR) is 106 cm³/mol. The molecule has 0 saturated carbocycles. The molecule has 2 N–H and O–H groups in total. The fourth-order valence-electron chi connectivity index (χ4n) is 3.04. The third kappa shape index (κ3) is 5.14. The molecule has 2 amide bonds. The van der Waals surface area contributed by atoms with E-state index in [-0.39, 0.29) is 6.03 Å². The Morgan fingerprint density at radius 2 is 1.70 bits per heavy atom. The number of urea groups is 1. The molecule has 2 aromatic carbocycles. The Balaban J connectivity index is 1.58. The van der Waals surface area contributed by atoms with E-state index < -0.39 is 0 Å². The van der Waals surface area contributed by atoms with Gasteiger partial charge in [-0.2, -0.15) is 0 Å². The van der Waals surface area contributed by atoms with Crippen LogP contribution in [0.1, 0.15) is 25.0 Å². The van der Waals surface area contributed by atoms with Gasteiger partial charge < -0.3 is 20.1 Å². The van der Waals surface area contributed by atoms with Crippen molar-refractivity contribution in [3.05, 3.63) is 53.6 Å². The number of carbonyl (C=O) groups is 1. The SMILES string of the molecule is CCN(CC)Cc1ccccc1CNC(=O)Nc1ccc2c(c1)OCCO2. The first kappa shape index (κ1) is 19.0. The van der Waals surface area contributed by atoms with Crippen molar-refractivity contribution in [1.82, 2.24) is 10.2 Å². The molecule has 1 aliphatic heterocycles. The van der Waals surface area contributed by atoms with Crippen LogP contribution in [0.2, 0.25) is 0 Å². The second-order valence-corrected chi connectivity index (χ2v) is 6.40. The number of anilines is 1. The summed E-state index contributed by atoms with van der Waals surface area (Å²) in [6.45, 7) is 8.75. The fourth-order valence-corrected chi connectivity index (χ4v) is 3.04. The van der Waals surface area contributed by atoms with Gasteiger partial charge >= 0.3 is 6.03 Å². The van der Waals surface area contributed by atoms with Crippen LogP contribution in [-0.4, -0.2) is 37.2 Å². The zero-order valence-corrected chi connectivity index (χ0v) is 16.0. The molecule has 6 nitrogen and oxygen atoms in total. The monoisotopic (exact) mass is 369 g/mol. The smallest absolute Gasteiger partial charge is 0.319 e. The second-order valence-electron chi connectivity index (χ2n) is 6.40. The first-order valence-corrected chi connectivity index (χ1v) is 9.43. The van der Waals surface area contributed by atoms with Crippen LogP contribution in [0, 0.1) is 0 Å². The highest BCUT2D eigenvalue weighted by molar-refractivity contribution is 5.89. The lowest BCUT2D eigenvalue weighted by molar-refractivity contribution is 0.171. The summed E-state index contributed by atoms with van der Waals surface area (Å²) in [6.07, 6.45) is 0.